The second-order valence-corrected chi connectivity index (χ2v) is 8.30. The van der Waals surface area contributed by atoms with Gasteiger partial charge in [0.05, 0.1) is 17.0 Å². The Hall–Kier alpha value is -2.34. The highest BCUT2D eigenvalue weighted by molar-refractivity contribution is 9.10. The van der Waals surface area contributed by atoms with E-state index < -0.39 is 0 Å². The second-order valence-electron chi connectivity index (χ2n) is 7.39. The standard InChI is InChI=1S/C22H25BrN4O/c23-18-10-11-19-20(14-18)26-22(25-19)27-13-5-9-17(15-27)21(28)24-12-4-8-16-6-2-1-3-7-16/h1-3,6-7,10-11,14,17H,4-5,8-9,12-13,15H2,(H,24,28)(H,25,26)/t17-/m0/s1. The number of nitrogens with zero attached hydrogens (tertiary/aromatic N) is 2. The number of hydrogen-bond acceptors (Lipinski definition) is 3. The summed E-state index contributed by atoms with van der Waals surface area (Å²) in [5.74, 6) is 1.04. The van der Waals surface area contributed by atoms with E-state index in [4.69, 9.17) is 4.98 Å². The molecule has 1 aromatic heterocycles. The highest BCUT2D eigenvalue weighted by Gasteiger charge is 2.27. The summed E-state index contributed by atoms with van der Waals surface area (Å²) in [6.07, 6.45) is 3.90. The Bertz CT molecular complexity index is 940. The third-order valence-corrected chi connectivity index (χ3v) is 5.80. The minimum atomic E-state index is 0.0189. The Balaban J connectivity index is 1.30. The van der Waals surface area contributed by atoms with Crippen LogP contribution in [0.5, 0.6) is 0 Å². The van der Waals surface area contributed by atoms with E-state index in [2.05, 4.69) is 55.4 Å². The van der Waals surface area contributed by atoms with Gasteiger partial charge in [0.2, 0.25) is 11.9 Å². The molecular weight excluding hydrogens is 416 g/mol. The number of aromatic amines is 1. The molecule has 2 heterocycles. The van der Waals surface area contributed by atoms with Crippen LogP contribution in [-0.2, 0) is 11.2 Å². The second kappa shape index (κ2) is 8.78. The zero-order chi connectivity index (χ0) is 19.3. The number of aromatic nitrogens is 2. The van der Waals surface area contributed by atoms with Crippen molar-refractivity contribution in [1.29, 1.82) is 0 Å². The summed E-state index contributed by atoms with van der Waals surface area (Å²) in [7, 11) is 0. The van der Waals surface area contributed by atoms with Crippen LogP contribution in [0.2, 0.25) is 0 Å². The van der Waals surface area contributed by atoms with Gasteiger partial charge in [-0.1, -0.05) is 46.3 Å². The SMILES string of the molecule is O=C(NCCCc1ccccc1)[C@H]1CCCN(c2nc3ccc(Br)cc3[nH]2)C1. The molecule has 1 saturated heterocycles. The molecule has 0 radical (unpaired) electrons. The molecule has 28 heavy (non-hydrogen) atoms. The number of halogens is 1. The molecule has 3 aromatic rings. The zero-order valence-electron chi connectivity index (χ0n) is 15.8. The van der Waals surface area contributed by atoms with E-state index in [-0.39, 0.29) is 11.8 Å². The van der Waals surface area contributed by atoms with Crippen LogP contribution < -0.4 is 10.2 Å². The topological polar surface area (TPSA) is 61.0 Å². The fourth-order valence-electron chi connectivity index (χ4n) is 3.79. The van der Waals surface area contributed by atoms with Crippen LogP contribution >= 0.6 is 15.9 Å². The van der Waals surface area contributed by atoms with Crippen LogP contribution in [0.1, 0.15) is 24.8 Å². The molecule has 1 amide bonds. The van der Waals surface area contributed by atoms with Gasteiger partial charge in [-0.25, -0.2) is 4.98 Å². The number of carbonyl (C=O) groups excluding carboxylic acids is 1. The molecule has 2 aromatic carbocycles. The lowest BCUT2D eigenvalue weighted by atomic mass is 9.97. The molecule has 146 valence electrons. The Morgan fingerprint density at radius 2 is 2.11 bits per heavy atom. The number of benzene rings is 2. The molecule has 5 nitrogen and oxygen atoms in total. The monoisotopic (exact) mass is 440 g/mol. The highest BCUT2D eigenvalue weighted by atomic mass is 79.9. The minimum Gasteiger partial charge on any atom is -0.356 e. The van der Waals surface area contributed by atoms with Gasteiger partial charge >= 0.3 is 0 Å². The van der Waals surface area contributed by atoms with Crippen molar-refractivity contribution in [3.05, 3.63) is 58.6 Å². The molecule has 4 rings (SSSR count). The molecule has 0 spiro atoms. The van der Waals surface area contributed by atoms with Crippen molar-refractivity contribution in [3.8, 4) is 0 Å². The molecule has 2 N–H and O–H groups in total. The van der Waals surface area contributed by atoms with Crippen LogP contribution in [0.25, 0.3) is 11.0 Å². The first kappa shape index (κ1) is 19.0. The van der Waals surface area contributed by atoms with E-state index in [1.165, 1.54) is 5.56 Å². The molecule has 0 saturated carbocycles. The lowest BCUT2D eigenvalue weighted by Crippen LogP contribution is -2.43. The van der Waals surface area contributed by atoms with Crippen molar-refractivity contribution >= 4 is 38.8 Å². The highest BCUT2D eigenvalue weighted by Crippen LogP contribution is 2.25. The maximum atomic E-state index is 12.6. The van der Waals surface area contributed by atoms with Crippen molar-refractivity contribution in [1.82, 2.24) is 15.3 Å². The summed E-state index contributed by atoms with van der Waals surface area (Å²) in [5.41, 5.74) is 3.28. The van der Waals surface area contributed by atoms with E-state index >= 15 is 0 Å². The van der Waals surface area contributed by atoms with Gasteiger partial charge in [0, 0.05) is 24.1 Å². The first-order chi connectivity index (χ1) is 13.7. The molecule has 6 heteroatoms. The Morgan fingerprint density at radius 1 is 1.25 bits per heavy atom. The summed E-state index contributed by atoms with van der Waals surface area (Å²) in [6.45, 7) is 2.37. The summed E-state index contributed by atoms with van der Waals surface area (Å²) < 4.78 is 1.03. The quantitative estimate of drug-likeness (QED) is 0.561. The number of hydrogen-bond donors (Lipinski definition) is 2. The number of H-pyrrole nitrogens is 1. The van der Waals surface area contributed by atoms with Crippen molar-refractivity contribution in [2.75, 3.05) is 24.5 Å². The fourth-order valence-corrected chi connectivity index (χ4v) is 4.16. The maximum Gasteiger partial charge on any atom is 0.224 e. The van der Waals surface area contributed by atoms with E-state index in [0.29, 0.717) is 6.54 Å². The molecule has 1 fully saturated rings. The van der Waals surface area contributed by atoms with Crippen molar-refractivity contribution in [2.24, 2.45) is 5.92 Å². The molecule has 0 unspecified atom stereocenters. The normalized spacial score (nSPS) is 17.0. The van der Waals surface area contributed by atoms with Crippen LogP contribution in [-0.4, -0.2) is 35.5 Å². The molecule has 1 aliphatic heterocycles. The van der Waals surface area contributed by atoms with Crippen LogP contribution in [0.15, 0.2) is 53.0 Å². The third-order valence-electron chi connectivity index (χ3n) is 5.31. The van der Waals surface area contributed by atoms with Gasteiger partial charge in [0.25, 0.3) is 0 Å². The maximum absolute atomic E-state index is 12.6. The first-order valence-corrected chi connectivity index (χ1v) is 10.7. The van der Waals surface area contributed by atoms with E-state index in [1.54, 1.807) is 0 Å². The molecule has 1 aliphatic rings. The van der Waals surface area contributed by atoms with Crippen LogP contribution in [0.3, 0.4) is 0 Å². The van der Waals surface area contributed by atoms with Gasteiger partial charge in [-0.05, 0) is 49.4 Å². The number of rotatable bonds is 6. The fraction of sp³-hybridized carbons (Fsp3) is 0.364. The van der Waals surface area contributed by atoms with Crippen LogP contribution in [0, 0.1) is 5.92 Å². The van der Waals surface area contributed by atoms with E-state index in [1.807, 2.05) is 24.3 Å². The van der Waals surface area contributed by atoms with Crippen molar-refractivity contribution < 1.29 is 4.79 Å². The molecular formula is C22H25BrN4O. The average molecular weight is 441 g/mol. The number of aryl methyl sites for hydroxylation is 1. The summed E-state index contributed by atoms with van der Waals surface area (Å²) in [5, 5.41) is 3.13. The Kier molecular flexibility index (Phi) is 5.95. The predicted octanol–water partition coefficient (Wildman–Crippen LogP) is 4.29. The van der Waals surface area contributed by atoms with Crippen LogP contribution in [0.4, 0.5) is 5.95 Å². The van der Waals surface area contributed by atoms with Gasteiger partial charge in [-0.15, -0.1) is 0 Å². The van der Waals surface area contributed by atoms with E-state index in [9.17, 15) is 4.79 Å². The lowest BCUT2D eigenvalue weighted by molar-refractivity contribution is -0.125. The smallest absolute Gasteiger partial charge is 0.224 e. The van der Waals surface area contributed by atoms with Gasteiger partial charge in [0.15, 0.2) is 0 Å². The van der Waals surface area contributed by atoms with Crippen molar-refractivity contribution in [2.45, 2.75) is 25.7 Å². The van der Waals surface area contributed by atoms with Gasteiger partial charge in [0.1, 0.15) is 0 Å². The number of nitrogens with one attached hydrogen (secondary N) is 2. The van der Waals surface area contributed by atoms with Gasteiger partial charge in [-0.3, -0.25) is 4.79 Å². The Morgan fingerprint density at radius 3 is 2.96 bits per heavy atom. The molecule has 0 bridgehead atoms. The number of piperidine rings is 1. The number of imidazole rings is 1. The predicted molar refractivity (Wildman–Crippen MR) is 117 cm³/mol. The third kappa shape index (κ3) is 4.55. The molecule has 0 aliphatic carbocycles. The lowest BCUT2D eigenvalue weighted by Gasteiger charge is -2.31. The summed E-state index contributed by atoms with van der Waals surface area (Å²) in [6, 6.07) is 16.4. The molecule has 1 atom stereocenters. The summed E-state index contributed by atoms with van der Waals surface area (Å²) in [4.78, 5) is 22.9. The van der Waals surface area contributed by atoms with Crippen molar-refractivity contribution in [3.63, 3.8) is 0 Å². The number of fused-ring (bicyclic) bond motifs is 1. The number of carbonyl (C=O) groups is 1. The number of anilines is 1. The first-order valence-electron chi connectivity index (χ1n) is 9.91. The van der Waals surface area contributed by atoms with Gasteiger partial charge < -0.3 is 15.2 Å². The van der Waals surface area contributed by atoms with Gasteiger partial charge in [-0.2, -0.15) is 0 Å². The van der Waals surface area contributed by atoms with E-state index in [0.717, 1.165) is 60.2 Å². The summed E-state index contributed by atoms with van der Waals surface area (Å²) >= 11 is 3.50. The minimum absolute atomic E-state index is 0.0189. The Labute approximate surface area is 173 Å². The average Bonchev–Trinajstić information content (AvgIpc) is 3.15. The largest absolute Gasteiger partial charge is 0.356 e. The number of amides is 1. The zero-order valence-corrected chi connectivity index (χ0v) is 17.4.